The van der Waals surface area contributed by atoms with Crippen LogP contribution >= 0.6 is 11.8 Å². The van der Waals surface area contributed by atoms with E-state index in [1.54, 1.807) is 24.2 Å². The molecule has 2 aromatic heterocycles. The summed E-state index contributed by atoms with van der Waals surface area (Å²) < 4.78 is 0. The lowest BCUT2D eigenvalue weighted by molar-refractivity contribution is 0.0979. The van der Waals surface area contributed by atoms with E-state index < -0.39 is 0 Å². The van der Waals surface area contributed by atoms with Gasteiger partial charge in [-0.25, -0.2) is 4.98 Å². The Bertz CT molecular complexity index is 940. The lowest BCUT2D eigenvalue weighted by Gasteiger charge is -2.10. The van der Waals surface area contributed by atoms with Crippen molar-refractivity contribution in [1.82, 2.24) is 15.3 Å². The van der Waals surface area contributed by atoms with E-state index in [0.29, 0.717) is 10.7 Å². The van der Waals surface area contributed by atoms with Crippen molar-refractivity contribution in [3.8, 4) is 11.3 Å². The van der Waals surface area contributed by atoms with E-state index in [1.807, 2.05) is 42.5 Å². The number of aromatic nitrogens is 2. The Morgan fingerprint density at radius 3 is 2.88 bits per heavy atom. The molecule has 3 heterocycles. The number of para-hydroxylation sites is 1. The Balaban J connectivity index is 1.82. The SMILES string of the molecule is O=C(NC1=NCCS1)c1cc(-c2cccnc2)nc2ccccc12. The first kappa shape index (κ1) is 14.8. The van der Waals surface area contributed by atoms with Crippen LogP contribution in [0.25, 0.3) is 22.2 Å². The topological polar surface area (TPSA) is 67.2 Å². The van der Waals surface area contributed by atoms with Gasteiger partial charge in [0.2, 0.25) is 0 Å². The molecule has 5 nitrogen and oxygen atoms in total. The molecular weight excluding hydrogens is 320 g/mol. The first-order chi connectivity index (χ1) is 11.8. The van der Waals surface area contributed by atoms with E-state index in [1.165, 1.54) is 0 Å². The number of amidine groups is 1. The summed E-state index contributed by atoms with van der Waals surface area (Å²) in [4.78, 5) is 25.8. The highest BCUT2D eigenvalue weighted by Crippen LogP contribution is 2.24. The molecule has 0 bridgehead atoms. The van der Waals surface area contributed by atoms with Crippen molar-refractivity contribution in [3.63, 3.8) is 0 Å². The van der Waals surface area contributed by atoms with Crippen LogP contribution in [0.4, 0.5) is 0 Å². The number of nitrogens with zero attached hydrogens (tertiary/aromatic N) is 3. The fraction of sp³-hybridized carbons (Fsp3) is 0.111. The van der Waals surface area contributed by atoms with Crippen LogP contribution in [0.5, 0.6) is 0 Å². The van der Waals surface area contributed by atoms with Gasteiger partial charge in [0.05, 0.1) is 23.3 Å². The van der Waals surface area contributed by atoms with Gasteiger partial charge in [-0.2, -0.15) is 0 Å². The summed E-state index contributed by atoms with van der Waals surface area (Å²) in [5.41, 5.74) is 2.98. The van der Waals surface area contributed by atoms with Crippen LogP contribution in [0.15, 0.2) is 59.9 Å². The Labute approximate surface area is 143 Å². The summed E-state index contributed by atoms with van der Waals surface area (Å²) in [6, 6.07) is 13.3. The summed E-state index contributed by atoms with van der Waals surface area (Å²) in [7, 11) is 0. The van der Waals surface area contributed by atoms with Gasteiger partial charge in [0.15, 0.2) is 5.17 Å². The zero-order valence-corrected chi connectivity index (χ0v) is 13.6. The molecular formula is C18H14N4OS. The highest BCUT2D eigenvalue weighted by atomic mass is 32.2. The molecule has 1 aromatic carbocycles. The average Bonchev–Trinajstić information content (AvgIpc) is 3.14. The van der Waals surface area contributed by atoms with Gasteiger partial charge in [0.25, 0.3) is 5.91 Å². The summed E-state index contributed by atoms with van der Waals surface area (Å²) in [6.07, 6.45) is 3.46. The van der Waals surface area contributed by atoms with Crippen molar-refractivity contribution in [2.75, 3.05) is 12.3 Å². The molecule has 1 aliphatic rings. The molecule has 0 spiro atoms. The molecule has 1 aliphatic heterocycles. The number of aliphatic imine (C=N–C) groups is 1. The highest BCUT2D eigenvalue weighted by Gasteiger charge is 2.17. The Morgan fingerprint density at radius 1 is 1.17 bits per heavy atom. The predicted molar refractivity (Wildman–Crippen MR) is 97.2 cm³/mol. The minimum atomic E-state index is -0.160. The third kappa shape index (κ3) is 2.88. The lowest BCUT2D eigenvalue weighted by atomic mass is 10.0. The molecule has 0 atom stereocenters. The Hall–Kier alpha value is -2.73. The van der Waals surface area contributed by atoms with Gasteiger partial charge in [-0.15, -0.1) is 0 Å². The molecule has 1 N–H and O–H groups in total. The van der Waals surface area contributed by atoms with Crippen LogP contribution in [0.2, 0.25) is 0 Å². The van der Waals surface area contributed by atoms with Crippen LogP contribution in [-0.2, 0) is 0 Å². The molecule has 0 radical (unpaired) electrons. The number of nitrogens with one attached hydrogen (secondary N) is 1. The van der Waals surface area contributed by atoms with Crippen LogP contribution in [0.3, 0.4) is 0 Å². The zero-order chi connectivity index (χ0) is 16.4. The number of hydrogen-bond acceptors (Lipinski definition) is 5. The van der Waals surface area contributed by atoms with E-state index in [2.05, 4.69) is 20.3 Å². The van der Waals surface area contributed by atoms with Gasteiger partial charge in [-0.1, -0.05) is 30.0 Å². The minimum Gasteiger partial charge on any atom is -0.301 e. The molecule has 0 saturated heterocycles. The summed E-state index contributed by atoms with van der Waals surface area (Å²) >= 11 is 1.56. The molecule has 0 fully saturated rings. The summed E-state index contributed by atoms with van der Waals surface area (Å²) in [5.74, 6) is 0.750. The van der Waals surface area contributed by atoms with E-state index >= 15 is 0 Å². The fourth-order valence-corrected chi connectivity index (χ4v) is 3.32. The quantitative estimate of drug-likeness (QED) is 0.782. The maximum absolute atomic E-state index is 12.7. The van der Waals surface area contributed by atoms with Crippen LogP contribution in [0, 0.1) is 0 Å². The molecule has 4 rings (SSSR count). The fourth-order valence-electron chi connectivity index (χ4n) is 2.60. The Kier molecular flexibility index (Phi) is 3.96. The molecule has 1 amide bonds. The first-order valence-electron chi connectivity index (χ1n) is 7.60. The number of benzene rings is 1. The number of carbonyl (C=O) groups excluding carboxylic acids is 1. The zero-order valence-electron chi connectivity index (χ0n) is 12.8. The van der Waals surface area contributed by atoms with Gasteiger partial charge < -0.3 is 5.32 Å². The molecule has 24 heavy (non-hydrogen) atoms. The molecule has 6 heteroatoms. The molecule has 0 saturated carbocycles. The maximum Gasteiger partial charge on any atom is 0.257 e. The number of carbonyl (C=O) groups is 1. The van der Waals surface area contributed by atoms with Crippen molar-refractivity contribution >= 4 is 33.7 Å². The number of pyridine rings is 2. The third-order valence-electron chi connectivity index (χ3n) is 3.72. The summed E-state index contributed by atoms with van der Waals surface area (Å²) in [5, 5.41) is 4.41. The van der Waals surface area contributed by atoms with Crippen molar-refractivity contribution in [2.45, 2.75) is 0 Å². The monoisotopic (exact) mass is 334 g/mol. The normalized spacial score (nSPS) is 13.8. The van der Waals surface area contributed by atoms with Gasteiger partial charge in [-0.3, -0.25) is 14.8 Å². The van der Waals surface area contributed by atoms with E-state index in [4.69, 9.17) is 0 Å². The number of hydrogen-bond donors (Lipinski definition) is 1. The largest absolute Gasteiger partial charge is 0.301 e. The number of thioether (sulfide) groups is 1. The van der Waals surface area contributed by atoms with Crippen molar-refractivity contribution in [3.05, 3.63) is 60.4 Å². The molecule has 118 valence electrons. The van der Waals surface area contributed by atoms with Gasteiger partial charge >= 0.3 is 0 Å². The second-order valence-electron chi connectivity index (χ2n) is 5.30. The van der Waals surface area contributed by atoms with E-state index in [-0.39, 0.29) is 5.91 Å². The molecule has 0 unspecified atom stereocenters. The van der Waals surface area contributed by atoms with Gasteiger partial charge in [-0.05, 0) is 24.3 Å². The van der Waals surface area contributed by atoms with Gasteiger partial charge in [0.1, 0.15) is 0 Å². The molecule has 3 aromatic rings. The number of fused-ring (bicyclic) bond motifs is 1. The van der Waals surface area contributed by atoms with E-state index in [0.717, 1.165) is 34.5 Å². The van der Waals surface area contributed by atoms with E-state index in [9.17, 15) is 4.79 Å². The standard InChI is InChI=1S/C18H14N4OS/c23-17(22-18-20-8-9-24-18)14-10-16(12-4-3-7-19-11-12)21-15-6-2-1-5-13(14)15/h1-7,10-11H,8-9H2,(H,20,22,23). The second-order valence-corrected chi connectivity index (χ2v) is 6.39. The number of rotatable bonds is 2. The minimum absolute atomic E-state index is 0.160. The summed E-state index contributed by atoms with van der Waals surface area (Å²) in [6.45, 7) is 0.748. The Morgan fingerprint density at radius 2 is 2.08 bits per heavy atom. The maximum atomic E-state index is 12.7. The van der Waals surface area contributed by atoms with Crippen LogP contribution < -0.4 is 5.32 Å². The van der Waals surface area contributed by atoms with Crippen molar-refractivity contribution < 1.29 is 4.79 Å². The number of amides is 1. The first-order valence-corrected chi connectivity index (χ1v) is 8.58. The van der Waals surface area contributed by atoms with Gasteiger partial charge in [0, 0.05) is 29.1 Å². The average molecular weight is 334 g/mol. The van der Waals surface area contributed by atoms with Crippen LogP contribution in [-0.4, -0.2) is 33.3 Å². The predicted octanol–water partition coefficient (Wildman–Crippen LogP) is 3.13. The molecule has 0 aliphatic carbocycles. The highest BCUT2D eigenvalue weighted by molar-refractivity contribution is 8.14. The van der Waals surface area contributed by atoms with Crippen LogP contribution in [0.1, 0.15) is 10.4 Å². The smallest absolute Gasteiger partial charge is 0.257 e. The second kappa shape index (κ2) is 6.41. The van der Waals surface area contributed by atoms with Crippen molar-refractivity contribution in [1.29, 1.82) is 0 Å². The lowest BCUT2D eigenvalue weighted by Crippen LogP contribution is -2.27. The van der Waals surface area contributed by atoms with Crippen molar-refractivity contribution in [2.24, 2.45) is 4.99 Å². The third-order valence-corrected chi connectivity index (χ3v) is 4.62.